The number of nitrogens with one attached hydrogen (secondary N) is 1. The van der Waals surface area contributed by atoms with E-state index in [-0.39, 0.29) is 12.5 Å². The quantitative estimate of drug-likeness (QED) is 0.670. The Morgan fingerprint density at radius 3 is 2.56 bits per heavy atom. The second-order valence-electron chi connectivity index (χ2n) is 5.06. The maximum atomic E-state index is 12.1. The number of hydrogen-bond acceptors (Lipinski definition) is 5. The molecule has 0 saturated carbocycles. The third kappa shape index (κ3) is 6.35. The van der Waals surface area contributed by atoms with Gasteiger partial charge in [-0.3, -0.25) is 4.79 Å². The van der Waals surface area contributed by atoms with Gasteiger partial charge in [0.05, 0.1) is 13.7 Å². The molecule has 25 heavy (non-hydrogen) atoms. The Morgan fingerprint density at radius 1 is 1.00 bits per heavy atom. The molecular formula is C19H23NO5. The summed E-state index contributed by atoms with van der Waals surface area (Å²) in [5.74, 6) is 1.51. The minimum Gasteiger partial charge on any atom is -0.493 e. The largest absolute Gasteiger partial charge is 0.493 e. The van der Waals surface area contributed by atoms with Gasteiger partial charge in [0.1, 0.15) is 12.4 Å². The molecule has 1 N–H and O–H groups in total. The predicted molar refractivity (Wildman–Crippen MR) is 95.5 cm³/mol. The van der Waals surface area contributed by atoms with E-state index < -0.39 is 0 Å². The predicted octanol–water partition coefficient (Wildman–Crippen LogP) is 3.13. The van der Waals surface area contributed by atoms with Crippen LogP contribution in [0.3, 0.4) is 0 Å². The molecule has 6 heteroatoms. The molecule has 0 unspecified atom stereocenters. The van der Waals surface area contributed by atoms with Crippen molar-refractivity contribution in [2.24, 2.45) is 0 Å². The molecule has 2 rings (SSSR count). The third-order valence-corrected chi connectivity index (χ3v) is 3.25. The number of anilines is 1. The molecule has 0 fully saturated rings. The van der Waals surface area contributed by atoms with Gasteiger partial charge >= 0.3 is 0 Å². The van der Waals surface area contributed by atoms with Gasteiger partial charge in [0.2, 0.25) is 0 Å². The Labute approximate surface area is 147 Å². The van der Waals surface area contributed by atoms with Crippen LogP contribution in [0.1, 0.15) is 6.92 Å². The second-order valence-corrected chi connectivity index (χ2v) is 5.06. The standard InChI is InChI=1S/C19H23NO5/c1-3-23-11-12-24-16-8-6-7-15(13-16)20-19(21)14-25-18-10-5-4-9-17(18)22-2/h4-10,13H,3,11-12,14H2,1-2H3,(H,20,21). The van der Waals surface area contributed by atoms with E-state index in [0.29, 0.717) is 42.8 Å². The highest BCUT2D eigenvalue weighted by Crippen LogP contribution is 2.25. The van der Waals surface area contributed by atoms with E-state index in [2.05, 4.69) is 5.32 Å². The average Bonchev–Trinajstić information content (AvgIpc) is 2.64. The molecule has 0 spiro atoms. The van der Waals surface area contributed by atoms with Gasteiger partial charge in [-0.1, -0.05) is 18.2 Å². The molecule has 1 amide bonds. The number of methoxy groups -OCH3 is 1. The van der Waals surface area contributed by atoms with Crippen LogP contribution in [0.5, 0.6) is 17.2 Å². The van der Waals surface area contributed by atoms with Crippen LogP contribution >= 0.6 is 0 Å². The van der Waals surface area contributed by atoms with Crippen LogP contribution in [0.15, 0.2) is 48.5 Å². The first kappa shape index (κ1) is 18.6. The highest BCUT2D eigenvalue weighted by Gasteiger charge is 2.08. The summed E-state index contributed by atoms with van der Waals surface area (Å²) in [6.07, 6.45) is 0. The summed E-state index contributed by atoms with van der Waals surface area (Å²) >= 11 is 0. The maximum absolute atomic E-state index is 12.1. The van der Waals surface area contributed by atoms with Crippen LogP contribution in [0, 0.1) is 0 Å². The highest BCUT2D eigenvalue weighted by molar-refractivity contribution is 5.92. The lowest BCUT2D eigenvalue weighted by Gasteiger charge is -2.11. The van der Waals surface area contributed by atoms with Crippen LogP contribution in [0.4, 0.5) is 5.69 Å². The molecule has 2 aromatic rings. The Kier molecular flexibility index (Phi) is 7.59. The zero-order valence-corrected chi connectivity index (χ0v) is 14.5. The summed E-state index contributed by atoms with van der Waals surface area (Å²) in [6.45, 7) is 3.46. The summed E-state index contributed by atoms with van der Waals surface area (Å²) in [6, 6.07) is 14.4. The molecule has 0 aliphatic carbocycles. The normalized spacial score (nSPS) is 10.2. The van der Waals surface area contributed by atoms with E-state index in [9.17, 15) is 4.79 Å². The van der Waals surface area contributed by atoms with E-state index in [1.54, 1.807) is 31.4 Å². The highest BCUT2D eigenvalue weighted by atomic mass is 16.5. The Hall–Kier alpha value is -2.73. The number of rotatable bonds is 10. The Morgan fingerprint density at radius 2 is 1.80 bits per heavy atom. The second kappa shape index (κ2) is 10.2. The van der Waals surface area contributed by atoms with Gasteiger partial charge < -0.3 is 24.3 Å². The molecule has 0 bridgehead atoms. The molecule has 0 heterocycles. The molecule has 6 nitrogen and oxygen atoms in total. The van der Waals surface area contributed by atoms with Crippen molar-refractivity contribution in [2.75, 3.05) is 38.9 Å². The molecule has 0 saturated heterocycles. The van der Waals surface area contributed by atoms with Crippen LogP contribution in [0.2, 0.25) is 0 Å². The zero-order chi connectivity index (χ0) is 17.9. The van der Waals surface area contributed by atoms with Crippen molar-refractivity contribution in [3.63, 3.8) is 0 Å². The van der Waals surface area contributed by atoms with Crippen molar-refractivity contribution in [3.05, 3.63) is 48.5 Å². The molecule has 0 radical (unpaired) electrons. The van der Waals surface area contributed by atoms with Crippen molar-refractivity contribution in [1.29, 1.82) is 0 Å². The molecule has 0 aliphatic rings. The first-order chi connectivity index (χ1) is 12.2. The zero-order valence-electron chi connectivity index (χ0n) is 14.5. The summed E-state index contributed by atoms with van der Waals surface area (Å²) < 4.78 is 21.5. The minimum atomic E-state index is -0.266. The lowest BCUT2D eigenvalue weighted by molar-refractivity contribution is -0.118. The van der Waals surface area contributed by atoms with Crippen LogP contribution in [-0.2, 0) is 9.53 Å². The first-order valence-corrected chi connectivity index (χ1v) is 8.09. The SMILES string of the molecule is CCOCCOc1cccc(NC(=O)COc2ccccc2OC)c1. The molecule has 134 valence electrons. The number of amides is 1. The van der Waals surface area contributed by atoms with E-state index in [0.717, 1.165) is 0 Å². The van der Waals surface area contributed by atoms with Crippen LogP contribution in [-0.4, -0.2) is 39.4 Å². The first-order valence-electron chi connectivity index (χ1n) is 8.09. The van der Waals surface area contributed by atoms with Gasteiger partial charge in [0, 0.05) is 18.4 Å². The summed E-state index contributed by atoms with van der Waals surface area (Å²) in [7, 11) is 1.55. The lowest BCUT2D eigenvalue weighted by atomic mass is 10.3. The fourth-order valence-corrected chi connectivity index (χ4v) is 2.10. The minimum absolute atomic E-state index is 0.115. The van der Waals surface area contributed by atoms with Crippen molar-refractivity contribution in [3.8, 4) is 17.2 Å². The Bertz CT molecular complexity index is 674. The molecule has 0 atom stereocenters. The van der Waals surface area contributed by atoms with Crippen molar-refractivity contribution >= 4 is 11.6 Å². The lowest BCUT2D eigenvalue weighted by Crippen LogP contribution is -2.20. The number of para-hydroxylation sites is 2. The van der Waals surface area contributed by atoms with Crippen molar-refractivity contribution < 1.29 is 23.7 Å². The number of carbonyl (C=O) groups is 1. The summed E-state index contributed by atoms with van der Waals surface area (Å²) in [5.41, 5.74) is 0.641. The molecule has 2 aromatic carbocycles. The monoisotopic (exact) mass is 345 g/mol. The van der Waals surface area contributed by atoms with Crippen molar-refractivity contribution in [1.82, 2.24) is 0 Å². The van der Waals surface area contributed by atoms with E-state index >= 15 is 0 Å². The van der Waals surface area contributed by atoms with Gasteiger partial charge in [-0.05, 0) is 31.2 Å². The summed E-state index contributed by atoms with van der Waals surface area (Å²) in [5, 5.41) is 2.78. The Balaban J connectivity index is 1.83. The van der Waals surface area contributed by atoms with Gasteiger partial charge in [-0.15, -0.1) is 0 Å². The maximum Gasteiger partial charge on any atom is 0.262 e. The fraction of sp³-hybridized carbons (Fsp3) is 0.316. The smallest absolute Gasteiger partial charge is 0.262 e. The number of hydrogen-bond donors (Lipinski definition) is 1. The number of ether oxygens (including phenoxy) is 4. The van der Waals surface area contributed by atoms with E-state index in [1.807, 2.05) is 31.2 Å². The van der Waals surface area contributed by atoms with Crippen LogP contribution in [0.25, 0.3) is 0 Å². The number of carbonyl (C=O) groups excluding carboxylic acids is 1. The van der Waals surface area contributed by atoms with E-state index in [4.69, 9.17) is 18.9 Å². The average molecular weight is 345 g/mol. The molecule has 0 aliphatic heterocycles. The summed E-state index contributed by atoms with van der Waals surface area (Å²) in [4.78, 5) is 12.1. The molecular weight excluding hydrogens is 322 g/mol. The topological polar surface area (TPSA) is 66.0 Å². The third-order valence-electron chi connectivity index (χ3n) is 3.25. The molecule has 0 aromatic heterocycles. The van der Waals surface area contributed by atoms with Crippen molar-refractivity contribution in [2.45, 2.75) is 6.92 Å². The van der Waals surface area contributed by atoms with Gasteiger partial charge in [0.15, 0.2) is 18.1 Å². The van der Waals surface area contributed by atoms with E-state index in [1.165, 1.54) is 0 Å². The van der Waals surface area contributed by atoms with Gasteiger partial charge in [0.25, 0.3) is 5.91 Å². The fourth-order valence-electron chi connectivity index (χ4n) is 2.10. The van der Waals surface area contributed by atoms with Gasteiger partial charge in [-0.2, -0.15) is 0 Å². The number of benzene rings is 2. The van der Waals surface area contributed by atoms with Crippen LogP contribution < -0.4 is 19.5 Å². The van der Waals surface area contributed by atoms with Gasteiger partial charge in [-0.25, -0.2) is 0 Å².